The number of amides is 2. The molecule has 0 saturated carbocycles. The minimum absolute atomic E-state index is 0.133. The molecule has 0 N–H and O–H groups in total. The van der Waals surface area contributed by atoms with Gasteiger partial charge in [-0.1, -0.05) is 97.1 Å². The molecular formula is C41H38F3N5O2. The van der Waals surface area contributed by atoms with Gasteiger partial charge in [-0.3, -0.25) is 24.5 Å². The van der Waals surface area contributed by atoms with Crippen LogP contribution in [-0.4, -0.2) is 68.7 Å². The normalized spacial score (nSPS) is 14.4. The average molecular weight is 690 g/mol. The minimum atomic E-state index is -4.57. The van der Waals surface area contributed by atoms with Crippen LogP contribution in [0.2, 0.25) is 0 Å². The van der Waals surface area contributed by atoms with E-state index < -0.39 is 23.8 Å². The van der Waals surface area contributed by atoms with E-state index in [1.807, 2.05) is 95.9 Å². The van der Waals surface area contributed by atoms with E-state index >= 15 is 0 Å². The highest BCUT2D eigenvalue weighted by atomic mass is 19.4. The lowest BCUT2D eigenvalue weighted by atomic mass is 10.0. The molecule has 1 aliphatic rings. The first-order chi connectivity index (χ1) is 24.7. The molecule has 51 heavy (non-hydrogen) atoms. The topological polar surface area (TPSA) is 69.6 Å². The molecule has 0 unspecified atom stereocenters. The van der Waals surface area contributed by atoms with Gasteiger partial charge in [0.2, 0.25) is 11.8 Å². The molecule has 0 bridgehead atoms. The molecule has 1 atom stereocenters. The zero-order valence-corrected chi connectivity index (χ0v) is 28.0. The predicted molar refractivity (Wildman–Crippen MR) is 191 cm³/mol. The number of hydrogen-bond acceptors (Lipinski definition) is 5. The number of benzene rings is 3. The van der Waals surface area contributed by atoms with Crippen molar-refractivity contribution in [2.75, 3.05) is 26.2 Å². The van der Waals surface area contributed by atoms with Gasteiger partial charge in [0.15, 0.2) is 0 Å². The summed E-state index contributed by atoms with van der Waals surface area (Å²) in [6.07, 6.45) is 1.25. The highest BCUT2D eigenvalue weighted by Crippen LogP contribution is 2.27. The molecule has 1 saturated heterocycles. The third-order valence-electron chi connectivity index (χ3n) is 8.91. The molecule has 0 aliphatic carbocycles. The van der Waals surface area contributed by atoms with Gasteiger partial charge in [0.05, 0.1) is 5.69 Å². The molecule has 10 heteroatoms. The van der Waals surface area contributed by atoms with E-state index in [2.05, 4.69) is 27.0 Å². The van der Waals surface area contributed by atoms with Crippen LogP contribution in [0.25, 0.3) is 17.3 Å². The van der Waals surface area contributed by atoms with E-state index in [-0.39, 0.29) is 18.9 Å². The summed E-state index contributed by atoms with van der Waals surface area (Å²) in [5, 5.41) is 0. The Kier molecular flexibility index (Phi) is 11.3. The van der Waals surface area contributed by atoms with Crippen molar-refractivity contribution in [1.82, 2.24) is 24.7 Å². The second-order valence-corrected chi connectivity index (χ2v) is 12.5. The van der Waals surface area contributed by atoms with E-state index in [4.69, 9.17) is 0 Å². The Bertz CT molecular complexity index is 1900. The summed E-state index contributed by atoms with van der Waals surface area (Å²) in [5.74, 6) is -0.595. The Balaban J connectivity index is 1.28. The van der Waals surface area contributed by atoms with Crippen molar-refractivity contribution < 1.29 is 22.8 Å². The van der Waals surface area contributed by atoms with Crippen LogP contribution in [0.15, 0.2) is 134 Å². The fourth-order valence-electron chi connectivity index (χ4n) is 6.13. The summed E-state index contributed by atoms with van der Waals surface area (Å²) in [4.78, 5) is 42.3. The summed E-state index contributed by atoms with van der Waals surface area (Å²) in [5.41, 5.74) is 3.96. The molecule has 2 aromatic heterocycles. The van der Waals surface area contributed by atoms with Crippen LogP contribution < -0.4 is 0 Å². The maximum Gasteiger partial charge on any atom is 0.433 e. The van der Waals surface area contributed by atoms with Gasteiger partial charge in [-0.2, -0.15) is 13.2 Å². The lowest BCUT2D eigenvalue weighted by molar-refractivity contribution is -0.145. The lowest BCUT2D eigenvalue weighted by Gasteiger charge is -2.39. The summed E-state index contributed by atoms with van der Waals surface area (Å²) in [6.45, 7) is 3.35. The number of carbonyl (C=O) groups excluding carboxylic acids is 2. The Labute approximate surface area is 295 Å². The van der Waals surface area contributed by atoms with Crippen LogP contribution in [0.1, 0.15) is 27.9 Å². The molecule has 7 nitrogen and oxygen atoms in total. The van der Waals surface area contributed by atoms with Crippen LogP contribution in [0.3, 0.4) is 0 Å². The summed E-state index contributed by atoms with van der Waals surface area (Å²) in [7, 11) is 0. The van der Waals surface area contributed by atoms with Crippen LogP contribution >= 0.6 is 0 Å². The number of hydrogen-bond donors (Lipinski definition) is 0. The highest BCUT2D eigenvalue weighted by molar-refractivity contribution is 5.95. The van der Waals surface area contributed by atoms with Crippen molar-refractivity contribution in [2.24, 2.45) is 0 Å². The Morgan fingerprint density at radius 1 is 0.745 bits per heavy atom. The Morgan fingerprint density at radius 3 is 2.02 bits per heavy atom. The first-order valence-electron chi connectivity index (χ1n) is 16.8. The first-order valence-corrected chi connectivity index (χ1v) is 16.8. The van der Waals surface area contributed by atoms with Gasteiger partial charge >= 0.3 is 6.18 Å². The molecule has 3 heterocycles. The van der Waals surface area contributed by atoms with Crippen molar-refractivity contribution in [1.29, 1.82) is 0 Å². The van der Waals surface area contributed by atoms with Crippen LogP contribution in [0, 0.1) is 0 Å². The third-order valence-corrected chi connectivity index (χ3v) is 8.91. The third kappa shape index (κ3) is 9.55. The van der Waals surface area contributed by atoms with Gasteiger partial charge in [-0.15, -0.1) is 0 Å². The number of halogens is 3. The number of nitrogens with zero attached hydrogens (tertiary/aromatic N) is 5. The maximum atomic E-state index is 14.5. The quantitative estimate of drug-likeness (QED) is 0.138. The van der Waals surface area contributed by atoms with Gasteiger partial charge in [-0.25, -0.2) is 0 Å². The van der Waals surface area contributed by atoms with E-state index in [0.29, 0.717) is 31.7 Å². The molecular weight excluding hydrogens is 651 g/mol. The molecule has 1 aliphatic heterocycles. The van der Waals surface area contributed by atoms with E-state index in [1.54, 1.807) is 11.1 Å². The fraction of sp³-hybridized carbons (Fsp3) is 0.220. The highest BCUT2D eigenvalue weighted by Gasteiger charge is 2.34. The standard InChI is InChI=1S/C41H38F3N5O2/c42-41(43,44)38-20-16-32(28-46-38)17-21-39(50)49(30-34-14-18-35(19-15-34)36-13-7-8-22-45-36)37(27-31-9-3-1-4-10-31)40(51)48-25-23-47(24-26-48)29-33-11-5-2-6-12-33/h1-22,28,37H,23-27,29-30H2/b21-17+/t37-/m0/s1. The van der Waals surface area contributed by atoms with Gasteiger partial charge in [0.1, 0.15) is 11.7 Å². The first kappa shape index (κ1) is 35.2. The fourth-order valence-corrected chi connectivity index (χ4v) is 6.13. The number of pyridine rings is 2. The molecule has 0 spiro atoms. The van der Waals surface area contributed by atoms with E-state index in [0.717, 1.165) is 41.2 Å². The summed E-state index contributed by atoms with van der Waals surface area (Å²) in [6, 6.07) is 34.5. The zero-order valence-electron chi connectivity index (χ0n) is 28.0. The Hall–Kier alpha value is -5.61. The lowest BCUT2D eigenvalue weighted by Crippen LogP contribution is -2.56. The monoisotopic (exact) mass is 689 g/mol. The average Bonchev–Trinajstić information content (AvgIpc) is 3.16. The molecule has 1 fully saturated rings. The smallest absolute Gasteiger partial charge is 0.338 e. The van der Waals surface area contributed by atoms with Gasteiger partial charge in [0, 0.05) is 69.7 Å². The molecule has 0 radical (unpaired) electrons. The maximum absolute atomic E-state index is 14.5. The van der Waals surface area contributed by atoms with Crippen molar-refractivity contribution in [2.45, 2.75) is 31.7 Å². The van der Waals surface area contributed by atoms with E-state index in [9.17, 15) is 22.8 Å². The largest absolute Gasteiger partial charge is 0.433 e. The van der Waals surface area contributed by atoms with E-state index in [1.165, 1.54) is 23.8 Å². The van der Waals surface area contributed by atoms with Gasteiger partial charge in [-0.05, 0) is 46.5 Å². The SMILES string of the molecule is O=C([C@H](Cc1ccccc1)N(Cc1ccc(-c2ccccn2)cc1)C(=O)/C=C/c1ccc(C(F)(F)F)nc1)N1CCN(Cc2ccccc2)CC1. The van der Waals surface area contributed by atoms with Gasteiger partial charge < -0.3 is 9.80 Å². The van der Waals surface area contributed by atoms with Crippen LogP contribution in [0.5, 0.6) is 0 Å². The number of aromatic nitrogens is 2. The van der Waals surface area contributed by atoms with Crippen LogP contribution in [0.4, 0.5) is 13.2 Å². The minimum Gasteiger partial charge on any atom is -0.338 e. The number of carbonyl (C=O) groups is 2. The Morgan fingerprint density at radius 2 is 1.41 bits per heavy atom. The predicted octanol–water partition coefficient (Wildman–Crippen LogP) is 7.16. The van der Waals surface area contributed by atoms with Crippen molar-refractivity contribution in [3.05, 3.63) is 162 Å². The number of piperazine rings is 1. The zero-order chi connectivity index (χ0) is 35.6. The number of alkyl halides is 3. The second-order valence-electron chi connectivity index (χ2n) is 12.5. The van der Waals surface area contributed by atoms with Crippen molar-refractivity contribution >= 4 is 17.9 Å². The van der Waals surface area contributed by atoms with Crippen molar-refractivity contribution in [3.63, 3.8) is 0 Å². The van der Waals surface area contributed by atoms with Gasteiger partial charge in [0.25, 0.3) is 0 Å². The van der Waals surface area contributed by atoms with Crippen LogP contribution in [-0.2, 0) is 35.3 Å². The second kappa shape index (κ2) is 16.4. The molecule has 6 rings (SSSR count). The molecule has 3 aromatic carbocycles. The van der Waals surface area contributed by atoms with Crippen molar-refractivity contribution in [3.8, 4) is 11.3 Å². The molecule has 260 valence electrons. The molecule has 5 aromatic rings. The molecule has 2 amide bonds. The summed E-state index contributed by atoms with van der Waals surface area (Å²) < 4.78 is 39.3. The number of rotatable bonds is 11. The summed E-state index contributed by atoms with van der Waals surface area (Å²) >= 11 is 0.